The van der Waals surface area contributed by atoms with Crippen molar-refractivity contribution < 1.29 is 14.5 Å². The highest BCUT2D eigenvalue weighted by Gasteiger charge is 2.14. The molecule has 0 heterocycles. The van der Waals surface area contributed by atoms with E-state index in [2.05, 4.69) is 15.8 Å². The number of nitro benzene ring substituents is 1. The summed E-state index contributed by atoms with van der Waals surface area (Å²) in [6.45, 7) is 0. The maximum Gasteiger partial charge on any atom is 0.287 e. The van der Waals surface area contributed by atoms with Gasteiger partial charge in [-0.3, -0.25) is 19.7 Å². The van der Waals surface area contributed by atoms with E-state index in [9.17, 15) is 19.7 Å². The van der Waals surface area contributed by atoms with E-state index in [1.807, 2.05) is 43.3 Å². The largest absolute Gasteiger partial charge is 0.378 e. The molecule has 0 aliphatic heterocycles. The third-order valence-corrected chi connectivity index (χ3v) is 4.95. The minimum Gasteiger partial charge on any atom is -0.378 e. The highest BCUT2D eigenvalue weighted by molar-refractivity contribution is 6.05. The van der Waals surface area contributed by atoms with Gasteiger partial charge in [0.05, 0.1) is 4.92 Å². The van der Waals surface area contributed by atoms with Gasteiger partial charge in [0.1, 0.15) is 5.70 Å². The molecule has 0 unspecified atom stereocenters. The van der Waals surface area contributed by atoms with Crippen molar-refractivity contribution in [3.05, 3.63) is 117 Å². The predicted molar refractivity (Wildman–Crippen MR) is 141 cm³/mol. The molecule has 0 saturated heterocycles. The van der Waals surface area contributed by atoms with Crippen LogP contribution in [0.4, 0.5) is 11.4 Å². The Morgan fingerprint density at radius 2 is 1.67 bits per heavy atom. The fourth-order valence-electron chi connectivity index (χ4n) is 3.07. The van der Waals surface area contributed by atoms with E-state index in [4.69, 9.17) is 0 Å². The van der Waals surface area contributed by atoms with Gasteiger partial charge in [0.25, 0.3) is 17.5 Å². The van der Waals surface area contributed by atoms with Crippen LogP contribution in [0.1, 0.15) is 21.5 Å². The van der Waals surface area contributed by atoms with Crippen LogP contribution < -0.4 is 15.6 Å². The molecule has 2 amide bonds. The lowest BCUT2D eigenvalue weighted by Gasteiger charge is -2.12. The second-order valence-corrected chi connectivity index (χ2v) is 7.79. The number of nitrogens with one attached hydrogen (secondary N) is 2. The summed E-state index contributed by atoms with van der Waals surface area (Å²) < 4.78 is 0. The Labute approximate surface area is 208 Å². The van der Waals surface area contributed by atoms with Gasteiger partial charge in [0.15, 0.2) is 0 Å². The number of hydrogen-bond donors (Lipinski definition) is 2. The van der Waals surface area contributed by atoms with Crippen molar-refractivity contribution in [1.82, 2.24) is 10.7 Å². The molecule has 0 saturated carbocycles. The molecule has 2 N–H and O–H groups in total. The number of carbonyl (C=O) groups is 2. The van der Waals surface area contributed by atoms with Crippen molar-refractivity contribution in [3.8, 4) is 0 Å². The Morgan fingerprint density at radius 3 is 2.33 bits per heavy atom. The molecular formula is C27H25N5O4. The maximum absolute atomic E-state index is 12.8. The van der Waals surface area contributed by atoms with Crippen molar-refractivity contribution in [2.24, 2.45) is 5.10 Å². The number of nitrogens with zero attached hydrogens (tertiary/aromatic N) is 3. The number of amides is 2. The predicted octanol–water partition coefficient (Wildman–Crippen LogP) is 4.25. The maximum atomic E-state index is 12.8. The van der Waals surface area contributed by atoms with E-state index in [1.54, 1.807) is 54.6 Å². The van der Waals surface area contributed by atoms with Gasteiger partial charge in [0.2, 0.25) is 0 Å². The first-order valence-corrected chi connectivity index (χ1v) is 10.9. The van der Waals surface area contributed by atoms with E-state index in [0.29, 0.717) is 16.7 Å². The van der Waals surface area contributed by atoms with Crippen LogP contribution in [-0.2, 0) is 4.79 Å². The van der Waals surface area contributed by atoms with Crippen molar-refractivity contribution in [3.63, 3.8) is 0 Å². The summed E-state index contributed by atoms with van der Waals surface area (Å²) >= 11 is 0. The molecule has 0 aromatic heterocycles. The molecule has 0 fully saturated rings. The molecule has 0 radical (unpaired) electrons. The van der Waals surface area contributed by atoms with Gasteiger partial charge in [-0.2, -0.15) is 5.10 Å². The van der Waals surface area contributed by atoms with Crippen LogP contribution in [0.15, 0.2) is 95.7 Å². The van der Waals surface area contributed by atoms with Gasteiger partial charge < -0.3 is 10.2 Å². The van der Waals surface area contributed by atoms with E-state index >= 15 is 0 Å². The van der Waals surface area contributed by atoms with Crippen molar-refractivity contribution in [2.75, 3.05) is 19.0 Å². The highest BCUT2D eigenvalue weighted by Crippen LogP contribution is 2.15. The van der Waals surface area contributed by atoms with Crippen molar-refractivity contribution in [1.29, 1.82) is 0 Å². The highest BCUT2D eigenvalue weighted by atomic mass is 16.6. The number of hydrogen-bond acceptors (Lipinski definition) is 6. The third kappa shape index (κ3) is 7.49. The molecule has 9 heteroatoms. The zero-order valence-electron chi connectivity index (χ0n) is 19.8. The number of rotatable bonds is 9. The van der Waals surface area contributed by atoms with E-state index in [0.717, 1.165) is 5.69 Å². The van der Waals surface area contributed by atoms with Crippen LogP contribution in [0.25, 0.3) is 12.2 Å². The van der Waals surface area contributed by atoms with E-state index in [1.165, 1.54) is 24.4 Å². The quantitative estimate of drug-likeness (QED) is 0.204. The van der Waals surface area contributed by atoms with Crippen LogP contribution in [0.3, 0.4) is 0 Å². The molecule has 182 valence electrons. The summed E-state index contributed by atoms with van der Waals surface area (Å²) in [5.74, 6) is -1.05. The molecule has 9 nitrogen and oxygen atoms in total. The number of non-ortho nitro benzene ring substituents is 1. The minimum atomic E-state index is -0.615. The Kier molecular flexibility index (Phi) is 8.82. The third-order valence-electron chi connectivity index (χ3n) is 4.95. The lowest BCUT2D eigenvalue weighted by Crippen LogP contribution is -2.32. The lowest BCUT2D eigenvalue weighted by molar-refractivity contribution is -0.384. The summed E-state index contributed by atoms with van der Waals surface area (Å²) in [5, 5.41) is 17.4. The SMILES string of the molecule is CN(C)c1ccc(/C=C(\NC(=O)c2ccccc2)C(=O)N/N=C\C=C\c2cccc([N+](=O)[O-])c2)cc1. The van der Waals surface area contributed by atoms with Crippen molar-refractivity contribution >= 4 is 41.6 Å². The number of hydrazone groups is 1. The smallest absolute Gasteiger partial charge is 0.287 e. The van der Waals surface area contributed by atoms with Crippen LogP contribution in [-0.4, -0.2) is 37.0 Å². The first-order valence-electron chi connectivity index (χ1n) is 10.9. The second kappa shape index (κ2) is 12.4. The Hall–Kier alpha value is -5.05. The summed E-state index contributed by atoms with van der Waals surface area (Å²) in [6, 6.07) is 22.1. The Balaban J connectivity index is 1.74. The summed E-state index contributed by atoms with van der Waals surface area (Å²) in [4.78, 5) is 37.9. The van der Waals surface area contributed by atoms with Gasteiger partial charge in [-0.1, -0.05) is 48.5 Å². The Bertz CT molecular complexity index is 1310. The molecule has 0 atom stereocenters. The molecule has 3 aromatic rings. The number of anilines is 1. The monoisotopic (exact) mass is 483 g/mol. The molecule has 0 spiro atoms. The molecule has 0 bridgehead atoms. The molecule has 0 aliphatic rings. The zero-order valence-corrected chi connectivity index (χ0v) is 19.8. The minimum absolute atomic E-state index is 0.0151. The Morgan fingerprint density at radius 1 is 0.944 bits per heavy atom. The fourth-order valence-corrected chi connectivity index (χ4v) is 3.07. The van der Waals surface area contributed by atoms with E-state index < -0.39 is 16.7 Å². The van der Waals surface area contributed by atoms with Gasteiger partial charge >= 0.3 is 0 Å². The molecule has 36 heavy (non-hydrogen) atoms. The second-order valence-electron chi connectivity index (χ2n) is 7.79. The average Bonchev–Trinajstić information content (AvgIpc) is 2.89. The first-order chi connectivity index (χ1) is 17.3. The van der Waals surface area contributed by atoms with Crippen LogP contribution in [0.5, 0.6) is 0 Å². The molecule has 3 rings (SSSR count). The summed E-state index contributed by atoms with van der Waals surface area (Å²) in [5.41, 5.74) is 5.10. The number of nitro groups is 1. The fraction of sp³-hybridized carbons (Fsp3) is 0.0741. The van der Waals surface area contributed by atoms with Gasteiger partial charge in [-0.25, -0.2) is 5.43 Å². The zero-order chi connectivity index (χ0) is 25.9. The number of allylic oxidation sites excluding steroid dienone is 1. The van der Waals surface area contributed by atoms with E-state index in [-0.39, 0.29) is 11.4 Å². The summed E-state index contributed by atoms with van der Waals surface area (Å²) in [6.07, 6.45) is 6.04. The first kappa shape index (κ1) is 25.6. The number of benzene rings is 3. The molecule has 3 aromatic carbocycles. The van der Waals surface area contributed by atoms with Gasteiger partial charge in [-0.15, -0.1) is 0 Å². The molecule has 0 aliphatic carbocycles. The topological polar surface area (TPSA) is 117 Å². The van der Waals surface area contributed by atoms with Crippen LogP contribution in [0, 0.1) is 10.1 Å². The van der Waals surface area contributed by atoms with Crippen LogP contribution >= 0.6 is 0 Å². The van der Waals surface area contributed by atoms with Gasteiger partial charge in [-0.05, 0) is 47.5 Å². The standard InChI is InChI=1S/C27H25N5O4/c1-31(2)23-15-13-21(14-16-23)19-25(29-26(33)22-10-4-3-5-11-22)27(34)30-28-17-7-9-20-8-6-12-24(18-20)32(35)36/h3-19H,1-2H3,(H,29,33)(H,30,34)/b9-7+,25-19-,28-17-. The number of carbonyl (C=O) groups excluding carboxylic acids is 2. The lowest BCUT2D eigenvalue weighted by atomic mass is 10.1. The normalized spacial score (nSPS) is 11.4. The average molecular weight is 484 g/mol. The van der Waals surface area contributed by atoms with Crippen LogP contribution in [0.2, 0.25) is 0 Å². The summed E-state index contributed by atoms with van der Waals surface area (Å²) in [7, 11) is 3.85. The van der Waals surface area contributed by atoms with Crippen molar-refractivity contribution in [2.45, 2.75) is 0 Å². The van der Waals surface area contributed by atoms with Gasteiger partial charge in [0, 0.05) is 43.7 Å². The molecular weight excluding hydrogens is 458 g/mol.